The Kier molecular flexibility index (Phi) is 4.94. The monoisotopic (exact) mass is 238 g/mol. The molecule has 0 saturated heterocycles. The Morgan fingerprint density at radius 3 is 2.71 bits per heavy atom. The van der Waals surface area contributed by atoms with Crippen molar-refractivity contribution in [2.75, 3.05) is 26.0 Å². The molecule has 94 valence electrons. The maximum absolute atomic E-state index is 13.2. The predicted octanol–water partition coefficient (Wildman–Crippen LogP) is 2.41. The van der Waals surface area contributed by atoms with Gasteiger partial charge in [0.2, 0.25) is 5.91 Å². The molecule has 1 amide bonds. The number of carbonyl (C=O) groups excluding carboxylic acids is 1. The van der Waals surface area contributed by atoms with E-state index < -0.39 is 0 Å². The van der Waals surface area contributed by atoms with Crippen LogP contribution in [0.25, 0.3) is 0 Å². The van der Waals surface area contributed by atoms with Crippen LogP contribution in [0, 0.1) is 12.7 Å². The van der Waals surface area contributed by atoms with Crippen LogP contribution in [0.5, 0.6) is 0 Å². The van der Waals surface area contributed by atoms with Crippen LogP contribution in [0.3, 0.4) is 0 Å². The molecule has 0 saturated carbocycles. The Labute approximate surface area is 102 Å². The van der Waals surface area contributed by atoms with Crippen LogP contribution in [0.15, 0.2) is 18.2 Å². The fraction of sp³-hybridized carbons (Fsp3) is 0.462. The molecule has 3 nitrogen and oxygen atoms in total. The van der Waals surface area contributed by atoms with E-state index in [0.717, 1.165) is 12.1 Å². The number of hydrogen-bond acceptors (Lipinski definition) is 2. The van der Waals surface area contributed by atoms with Crippen molar-refractivity contribution >= 4 is 11.6 Å². The predicted molar refractivity (Wildman–Crippen MR) is 67.6 cm³/mol. The topological polar surface area (TPSA) is 32.3 Å². The van der Waals surface area contributed by atoms with Gasteiger partial charge < -0.3 is 10.2 Å². The number of benzene rings is 1. The quantitative estimate of drug-likeness (QED) is 0.799. The molecule has 0 aliphatic rings. The molecule has 0 unspecified atom stereocenters. The van der Waals surface area contributed by atoms with Crippen molar-refractivity contribution in [3.05, 3.63) is 29.6 Å². The summed E-state index contributed by atoms with van der Waals surface area (Å²) in [7, 11) is 3.48. The highest BCUT2D eigenvalue weighted by Crippen LogP contribution is 2.13. The molecule has 0 fully saturated rings. The lowest BCUT2D eigenvalue weighted by Gasteiger charge is -2.10. The molecular weight excluding hydrogens is 219 g/mol. The number of aryl methyl sites for hydroxylation is 1. The Hall–Kier alpha value is -1.58. The van der Waals surface area contributed by atoms with E-state index in [4.69, 9.17) is 0 Å². The summed E-state index contributed by atoms with van der Waals surface area (Å²) in [6.07, 6.45) is 1.25. The third kappa shape index (κ3) is 4.43. The molecule has 0 aromatic heterocycles. The van der Waals surface area contributed by atoms with Crippen molar-refractivity contribution in [3.63, 3.8) is 0 Å². The summed E-state index contributed by atoms with van der Waals surface area (Å²) in [5, 5.41) is 3.10. The van der Waals surface area contributed by atoms with Crippen molar-refractivity contribution in [1.82, 2.24) is 4.90 Å². The molecule has 1 aromatic rings. The molecule has 1 N–H and O–H groups in total. The zero-order valence-corrected chi connectivity index (χ0v) is 10.6. The first-order valence-electron chi connectivity index (χ1n) is 5.71. The van der Waals surface area contributed by atoms with Crippen LogP contribution < -0.4 is 5.32 Å². The van der Waals surface area contributed by atoms with Gasteiger partial charge in [-0.15, -0.1) is 0 Å². The summed E-state index contributed by atoms with van der Waals surface area (Å²) < 4.78 is 13.2. The van der Waals surface area contributed by atoms with Gasteiger partial charge in [-0.3, -0.25) is 4.79 Å². The zero-order chi connectivity index (χ0) is 12.8. The number of hydrogen-bond donors (Lipinski definition) is 1. The lowest BCUT2D eigenvalue weighted by molar-refractivity contribution is -0.128. The first kappa shape index (κ1) is 13.5. The van der Waals surface area contributed by atoms with Gasteiger partial charge in [0.1, 0.15) is 5.82 Å². The minimum Gasteiger partial charge on any atom is -0.385 e. The highest BCUT2D eigenvalue weighted by atomic mass is 19.1. The Balaban J connectivity index is 2.31. The maximum atomic E-state index is 13.2. The van der Waals surface area contributed by atoms with E-state index in [9.17, 15) is 9.18 Å². The SMILES string of the molecule is Cc1ccc(NCCCC(=O)N(C)C)cc1F. The van der Waals surface area contributed by atoms with E-state index in [-0.39, 0.29) is 11.7 Å². The molecule has 4 heteroatoms. The van der Waals surface area contributed by atoms with Crippen molar-refractivity contribution in [2.24, 2.45) is 0 Å². The van der Waals surface area contributed by atoms with Crippen molar-refractivity contribution < 1.29 is 9.18 Å². The minimum atomic E-state index is -0.209. The van der Waals surface area contributed by atoms with Crippen LogP contribution in [0.4, 0.5) is 10.1 Å². The van der Waals surface area contributed by atoms with Gasteiger partial charge in [-0.1, -0.05) is 6.07 Å². The largest absolute Gasteiger partial charge is 0.385 e. The Bertz CT molecular complexity index is 391. The smallest absolute Gasteiger partial charge is 0.222 e. The van der Waals surface area contributed by atoms with Gasteiger partial charge in [-0.05, 0) is 31.0 Å². The first-order chi connectivity index (χ1) is 8.00. The molecule has 0 aliphatic carbocycles. The highest BCUT2D eigenvalue weighted by Gasteiger charge is 2.03. The number of anilines is 1. The van der Waals surface area contributed by atoms with E-state index in [1.165, 1.54) is 6.07 Å². The van der Waals surface area contributed by atoms with E-state index in [0.29, 0.717) is 18.5 Å². The van der Waals surface area contributed by atoms with E-state index in [1.54, 1.807) is 32.0 Å². The Morgan fingerprint density at radius 2 is 2.12 bits per heavy atom. The third-order valence-electron chi connectivity index (χ3n) is 2.57. The van der Waals surface area contributed by atoms with Crippen LogP contribution in [0.1, 0.15) is 18.4 Å². The average Bonchev–Trinajstić information content (AvgIpc) is 2.28. The summed E-state index contributed by atoms with van der Waals surface area (Å²) in [5.74, 6) is -0.0961. The summed E-state index contributed by atoms with van der Waals surface area (Å²) in [6.45, 7) is 2.40. The normalized spacial score (nSPS) is 10.1. The number of rotatable bonds is 5. The third-order valence-corrected chi connectivity index (χ3v) is 2.57. The van der Waals surface area contributed by atoms with Gasteiger partial charge in [-0.25, -0.2) is 4.39 Å². The lowest BCUT2D eigenvalue weighted by atomic mass is 10.2. The molecule has 0 spiro atoms. The van der Waals surface area contributed by atoms with Crippen LogP contribution in [0.2, 0.25) is 0 Å². The first-order valence-corrected chi connectivity index (χ1v) is 5.71. The van der Waals surface area contributed by atoms with E-state index >= 15 is 0 Å². The molecular formula is C13H19FN2O. The Morgan fingerprint density at radius 1 is 1.41 bits per heavy atom. The van der Waals surface area contributed by atoms with Gasteiger partial charge in [-0.2, -0.15) is 0 Å². The molecule has 1 rings (SSSR count). The molecule has 0 atom stereocenters. The standard InChI is InChI=1S/C13H19FN2O/c1-10-6-7-11(9-12(10)14)15-8-4-5-13(17)16(2)3/h6-7,9,15H,4-5,8H2,1-3H3. The second kappa shape index (κ2) is 6.23. The van der Waals surface area contributed by atoms with Crippen molar-refractivity contribution in [1.29, 1.82) is 0 Å². The highest BCUT2D eigenvalue weighted by molar-refractivity contribution is 5.75. The lowest BCUT2D eigenvalue weighted by Crippen LogP contribution is -2.22. The molecule has 0 radical (unpaired) electrons. The second-order valence-corrected chi connectivity index (χ2v) is 4.28. The summed E-state index contributed by atoms with van der Waals surface area (Å²) in [5.41, 5.74) is 1.39. The summed E-state index contributed by atoms with van der Waals surface area (Å²) in [4.78, 5) is 12.9. The molecule has 0 bridgehead atoms. The fourth-order valence-electron chi connectivity index (χ4n) is 1.40. The maximum Gasteiger partial charge on any atom is 0.222 e. The van der Waals surface area contributed by atoms with Gasteiger partial charge in [0.05, 0.1) is 0 Å². The molecule has 1 aromatic carbocycles. The average molecular weight is 238 g/mol. The summed E-state index contributed by atoms with van der Waals surface area (Å²) in [6, 6.07) is 5.05. The molecule has 0 aliphatic heterocycles. The number of halogens is 1. The number of nitrogens with one attached hydrogen (secondary N) is 1. The van der Waals surface area contributed by atoms with Gasteiger partial charge in [0.25, 0.3) is 0 Å². The summed E-state index contributed by atoms with van der Waals surface area (Å²) >= 11 is 0. The van der Waals surface area contributed by atoms with Crippen LogP contribution >= 0.6 is 0 Å². The van der Waals surface area contributed by atoms with E-state index in [2.05, 4.69) is 5.32 Å². The van der Waals surface area contributed by atoms with Gasteiger partial charge in [0, 0.05) is 32.7 Å². The number of amides is 1. The molecule has 17 heavy (non-hydrogen) atoms. The number of nitrogens with zero attached hydrogens (tertiary/aromatic N) is 1. The van der Waals surface area contributed by atoms with E-state index in [1.807, 2.05) is 6.07 Å². The number of carbonyl (C=O) groups is 1. The van der Waals surface area contributed by atoms with Gasteiger partial charge in [0.15, 0.2) is 0 Å². The van der Waals surface area contributed by atoms with Crippen molar-refractivity contribution in [2.45, 2.75) is 19.8 Å². The van der Waals surface area contributed by atoms with Gasteiger partial charge >= 0.3 is 0 Å². The molecule has 0 heterocycles. The minimum absolute atomic E-state index is 0.113. The van der Waals surface area contributed by atoms with Crippen LogP contribution in [-0.4, -0.2) is 31.4 Å². The van der Waals surface area contributed by atoms with Crippen molar-refractivity contribution in [3.8, 4) is 0 Å². The van der Waals surface area contributed by atoms with Crippen LogP contribution in [-0.2, 0) is 4.79 Å². The zero-order valence-electron chi connectivity index (χ0n) is 10.6. The fourth-order valence-corrected chi connectivity index (χ4v) is 1.40. The second-order valence-electron chi connectivity index (χ2n) is 4.28.